The molecule has 1 fully saturated rings. The van der Waals surface area contributed by atoms with E-state index in [-0.39, 0.29) is 18.3 Å². The Kier molecular flexibility index (Phi) is 4.28. The molecule has 1 aromatic rings. The van der Waals surface area contributed by atoms with Crippen LogP contribution in [0.4, 0.5) is 4.39 Å². The van der Waals surface area contributed by atoms with Crippen molar-refractivity contribution in [1.29, 1.82) is 0 Å². The number of hydrogen-bond acceptors (Lipinski definition) is 3. The monoisotopic (exact) mass is 281 g/mol. The van der Waals surface area contributed by atoms with E-state index in [1.54, 1.807) is 19.1 Å². The maximum atomic E-state index is 13.9. The summed E-state index contributed by atoms with van der Waals surface area (Å²) < 4.78 is 19.4. The third-order valence-electron chi connectivity index (χ3n) is 3.76. The highest BCUT2D eigenvalue weighted by atomic mass is 19.1. The van der Waals surface area contributed by atoms with Crippen molar-refractivity contribution in [3.8, 4) is 5.75 Å². The molecule has 0 heterocycles. The van der Waals surface area contributed by atoms with Crippen molar-refractivity contribution in [3.63, 3.8) is 0 Å². The lowest BCUT2D eigenvalue weighted by Crippen LogP contribution is -2.58. The minimum Gasteiger partial charge on any atom is -0.488 e. The van der Waals surface area contributed by atoms with Gasteiger partial charge in [-0.1, -0.05) is 19.1 Å². The molecule has 4 nitrogen and oxygen atoms in total. The molecule has 0 aromatic heterocycles. The van der Waals surface area contributed by atoms with Crippen LogP contribution < -0.4 is 10.1 Å². The Hall–Kier alpha value is -1.62. The number of aryl methyl sites for hydroxylation is 1. The summed E-state index contributed by atoms with van der Waals surface area (Å²) in [5.74, 6) is -1.21. The van der Waals surface area contributed by atoms with E-state index in [2.05, 4.69) is 5.32 Å². The van der Waals surface area contributed by atoms with E-state index in [4.69, 9.17) is 4.74 Å². The van der Waals surface area contributed by atoms with Gasteiger partial charge in [0.25, 0.3) is 0 Å². The summed E-state index contributed by atoms with van der Waals surface area (Å²) in [4.78, 5) is 11.6. The standard InChI is InChI=1S/C15H20FNO3/c1-3-17-15(14(18)19,11-7-8-11)9-20-12-6-4-5-10(2)13(12)16/h4-6,11,17H,3,7-9H2,1-2H3,(H,18,19). The quantitative estimate of drug-likeness (QED) is 0.805. The highest BCUT2D eigenvalue weighted by Gasteiger charge is 2.51. The molecular formula is C15H20FNO3. The van der Waals surface area contributed by atoms with Crippen LogP contribution in [0.15, 0.2) is 18.2 Å². The fraction of sp³-hybridized carbons (Fsp3) is 0.533. The van der Waals surface area contributed by atoms with Crippen LogP contribution in [0.3, 0.4) is 0 Å². The van der Waals surface area contributed by atoms with Crippen LogP contribution >= 0.6 is 0 Å². The molecule has 1 saturated carbocycles. The number of carbonyl (C=O) groups is 1. The molecule has 110 valence electrons. The molecule has 0 aliphatic heterocycles. The van der Waals surface area contributed by atoms with E-state index >= 15 is 0 Å². The van der Waals surface area contributed by atoms with Crippen LogP contribution in [-0.2, 0) is 4.79 Å². The van der Waals surface area contributed by atoms with Crippen LogP contribution in [0.2, 0.25) is 0 Å². The Bertz CT molecular complexity index is 502. The number of aliphatic carboxylic acids is 1. The number of carboxylic acids is 1. The van der Waals surface area contributed by atoms with E-state index in [1.807, 2.05) is 6.92 Å². The van der Waals surface area contributed by atoms with Gasteiger partial charge in [0.05, 0.1) is 0 Å². The third-order valence-corrected chi connectivity index (χ3v) is 3.76. The number of nitrogens with one attached hydrogen (secondary N) is 1. The Morgan fingerprint density at radius 2 is 2.25 bits per heavy atom. The lowest BCUT2D eigenvalue weighted by molar-refractivity contribution is -0.147. The largest absolute Gasteiger partial charge is 0.488 e. The minimum absolute atomic E-state index is 0.0489. The maximum absolute atomic E-state index is 13.9. The van der Waals surface area contributed by atoms with E-state index in [1.165, 1.54) is 6.07 Å². The molecule has 1 aliphatic carbocycles. The summed E-state index contributed by atoms with van der Waals surface area (Å²) in [6.45, 7) is 3.97. The van der Waals surface area contributed by atoms with Gasteiger partial charge >= 0.3 is 5.97 Å². The molecule has 2 N–H and O–H groups in total. The average molecular weight is 281 g/mol. The summed E-state index contributed by atoms with van der Waals surface area (Å²) in [5, 5.41) is 12.5. The van der Waals surface area contributed by atoms with Gasteiger partial charge in [-0.25, -0.2) is 4.39 Å². The van der Waals surface area contributed by atoms with Crippen molar-refractivity contribution in [3.05, 3.63) is 29.6 Å². The maximum Gasteiger partial charge on any atom is 0.327 e. The molecule has 0 saturated heterocycles. The summed E-state index contributed by atoms with van der Waals surface area (Å²) in [7, 11) is 0. The lowest BCUT2D eigenvalue weighted by Gasteiger charge is -2.30. The fourth-order valence-corrected chi connectivity index (χ4v) is 2.44. The molecule has 0 radical (unpaired) electrons. The summed E-state index contributed by atoms with van der Waals surface area (Å²) >= 11 is 0. The lowest BCUT2D eigenvalue weighted by atomic mass is 9.94. The molecule has 1 aromatic carbocycles. The number of likely N-dealkylation sites (N-methyl/N-ethyl adjacent to an activating group) is 1. The molecule has 1 atom stereocenters. The molecule has 1 unspecified atom stereocenters. The van der Waals surface area contributed by atoms with Crippen LogP contribution in [0.25, 0.3) is 0 Å². The average Bonchev–Trinajstić information content (AvgIpc) is 3.23. The number of rotatable bonds is 7. The van der Waals surface area contributed by atoms with Crippen molar-refractivity contribution < 1.29 is 19.0 Å². The number of carboxylic acid groups (broad SMARTS) is 1. The van der Waals surface area contributed by atoms with Gasteiger partial charge < -0.3 is 9.84 Å². The van der Waals surface area contributed by atoms with Gasteiger partial charge in [0.2, 0.25) is 0 Å². The van der Waals surface area contributed by atoms with Crippen molar-refractivity contribution in [2.24, 2.45) is 5.92 Å². The van der Waals surface area contributed by atoms with Gasteiger partial charge in [0, 0.05) is 0 Å². The van der Waals surface area contributed by atoms with Gasteiger partial charge in [-0.05, 0) is 43.9 Å². The number of benzene rings is 1. The zero-order valence-electron chi connectivity index (χ0n) is 11.8. The number of ether oxygens (including phenoxy) is 1. The van der Waals surface area contributed by atoms with Gasteiger partial charge in [-0.2, -0.15) is 0 Å². The smallest absolute Gasteiger partial charge is 0.327 e. The molecule has 20 heavy (non-hydrogen) atoms. The Labute approximate surface area is 117 Å². The first-order valence-corrected chi connectivity index (χ1v) is 6.87. The van der Waals surface area contributed by atoms with Crippen molar-refractivity contribution in [1.82, 2.24) is 5.32 Å². The van der Waals surface area contributed by atoms with Gasteiger partial charge in [-0.15, -0.1) is 0 Å². The van der Waals surface area contributed by atoms with E-state index < -0.39 is 17.3 Å². The van der Waals surface area contributed by atoms with Crippen molar-refractivity contribution in [2.45, 2.75) is 32.2 Å². The second kappa shape index (κ2) is 5.79. The summed E-state index contributed by atoms with van der Waals surface area (Å²) in [5.41, 5.74) is -0.636. The van der Waals surface area contributed by atoms with Crippen LogP contribution in [-0.4, -0.2) is 29.8 Å². The highest BCUT2D eigenvalue weighted by Crippen LogP contribution is 2.40. The normalized spacial score (nSPS) is 17.6. The fourth-order valence-electron chi connectivity index (χ4n) is 2.44. The van der Waals surface area contributed by atoms with Crippen LogP contribution in [0.5, 0.6) is 5.75 Å². The highest BCUT2D eigenvalue weighted by molar-refractivity contribution is 5.80. The zero-order valence-corrected chi connectivity index (χ0v) is 11.8. The Morgan fingerprint density at radius 1 is 1.55 bits per heavy atom. The predicted molar refractivity (Wildman–Crippen MR) is 73.4 cm³/mol. The molecule has 5 heteroatoms. The number of halogens is 1. The van der Waals surface area contributed by atoms with E-state index in [0.29, 0.717) is 12.1 Å². The zero-order chi connectivity index (χ0) is 14.8. The topological polar surface area (TPSA) is 58.6 Å². The summed E-state index contributed by atoms with van der Waals surface area (Å²) in [6, 6.07) is 4.87. The Morgan fingerprint density at radius 3 is 2.80 bits per heavy atom. The SMILES string of the molecule is CCNC(COc1cccc(C)c1F)(C(=O)O)C1CC1. The molecular weight excluding hydrogens is 261 g/mol. The molecule has 2 rings (SSSR count). The van der Waals surface area contributed by atoms with Crippen LogP contribution in [0.1, 0.15) is 25.3 Å². The van der Waals surface area contributed by atoms with Crippen molar-refractivity contribution in [2.75, 3.05) is 13.2 Å². The first kappa shape index (κ1) is 14.8. The van der Waals surface area contributed by atoms with Gasteiger partial charge in [-0.3, -0.25) is 10.1 Å². The Balaban J connectivity index is 2.16. The van der Waals surface area contributed by atoms with Crippen LogP contribution in [0, 0.1) is 18.7 Å². The first-order valence-electron chi connectivity index (χ1n) is 6.87. The minimum atomic E-state index is -1.12. The first-order chi connectivity index (χ1) is 9.51. The molecule has 0 amide bonds. The molecule has 1 aliphatic rings. The molecule has 0 bridgehead atoms. The predicted octanol–water partition coefficient (Wildman–Crippen LogP) is 2.36. The van der Waals surface area contributed by atoms with E-state index in [0.717, 1.165) is 12.8 Å². The van der Waals surface area contributed by atoms with Gasteiger partial charge in [0.1, 0.15) is 6.61 Å². The second-order valence-corrected chi connectivity index (χ2v) is 5.26. The summed E-state index contributed by atoms with van der Waals surface area (Å²) in [6.07, 6.45) is 1.72. The second-order valence-electron chi connectivity index (χ2n) is 5.26. The number of hydrogen-bond donors (Lipinski definition) is 2. The van der Waals surface area contributed by atoms with Gasteiger partial charge in [0.15, 0.2) is 17.1 Å². The third kappa shape index (κ3) is 2.77. The molecule has 0 spiro atoms. The van der Waals surface area contributed by atoms with Crippen molar-refractivity contribution >= 4 is 5.97 Å². The van der Waals surface area contributed by atoms with E-state index in [9.17, 15) is 14.3 Å².